The number of sulfone groups is 1. The first kappa shape index (κ1) is 21.6. The van der Waals surface area contributed by atoms with Gasteiger partial charge in [0.25, 0.3) is 5.56 Å². The highest BCUT2D eigenvalue weighted by Crippen LogP contribution is 2.26. The van der Waals surface area contributed by atoms with E-state index in [0.717, 1.165) is 11.3 Å². The molecule has 4 aromatic rings. The molecule has 158 valence electrons. The number of halogens is 2. The van der Waals surface area contributed by atoms with Gasteiger partial charge in [-0.25, -0.2) is 18.4 Å². The Kier molecular flexibility index (Phi) is 5.94. The summed E-state index contributed by atoms with van der Waals surface area (Å²) in [6.45, 7) is 0. The molecule has 0 saturated heterocycles. The first-order valence-corrected chi connectivity index (χ1v) is 12.1. The number of Topliss-reactive ketones (excluding diaryl/α,β-unsaturated/α-hetero) is 1. The molecule has 0 saturated carbocycles. The molecular formula is C20H13Cl2N3O4S2. The number of pyridine rings is 1. The van der Waals surface area contributed by atoms with Crippen LogP contribution in [-0.4, -0.2) is 34.5 Å². The molecule has 0 atom stereocenters. The first-order chi connectivity index (χ1) is 14.7. The molecule has 4 rings (SSSR count). The van der Waals surface area contributed by atoms with E-state index in [1.54, 1.807) is 24.3 Å². The highest BCUT2D eigenvalue weighted by molar-refractivity contribution is 7.94. The molecule has 7 nitrogen and oxygen atoms in total. The Hall–Kier alpha value is -2.59. The van der Waals surface area contributed by atoms with Crippen LogP contribution in [0, 0.1) is 0 Å². The fraction of sp³-hybridized carbons (Fsp3) is 0.100. The van der Waals surface area contributed by atoms with Gasteiger partial charge < -0.3 is 0 Å². The van der Waals surface area contributed by atoms with E-state index in [1.807, 2.05) is 0 Å². The normalized spacial score (nSPS) is 11.7. The average molecular weight is 494 g/mol. The summed E-state index contributed by atoms with van der Waals surface area (Å²) in [4.78, 5) is 33.5. The van der Waals surface area contributed by atoms with E-state index >= 15 is 0 Å². The Labute approximate surface area is 190 Å². The van der Waals surface area contributed by atoms with Crippen molar-refractivity contribution in [2.24, 2.45) is 0 Å². The van der Waals surface area contributed by atoms with E-state index in [1.165, 1.54) is 35.3 Å². The number of carbonyl (C=O) groups is 1. The van der Waals surface area contributed by atoms with E-state index in [2.05, 4.69) is 9.97 Å². The quantitative estimate of drug-likeness (QED) is 0.405. The largest absolute Gasteiger partial charge is 0.298 e. The molecule has 0 aliphatic rings. The minimum Gasteiger partial charge on any atom is -0.298 e. The molecule has 0 aliphatic heterocycles. The highest BCUT2D eigenvalue weighted by atomic mass is 35.5. The predicted molar refractivity (Wildman–Crippen MR) is 120 cm³/mol. The van der Waals surface area contributed by atoms with Gasteiger partial charge in [-0.2, -0.15) is 0 Å². The standard InChI is InChI=1S/C20H13Cl2N3O4S2/c21-13-2-3-16-15(8-13)20(27)25(11-24-16)18-5-1-12(9-23-18)7-14(26)10-31(28,29)19-6-4-17(22)30-19/h1-6,8-9,11H,7,10H2. The van der Waals surface area contributed by atoms with Crippen LogP contribution < -0.4 is 5.56 Å². The van der Waals surface area contributed by atoms with Crippen LogP contribution >= 0.6 is 34.5 Å². The Balaban J connectivity index is 1.52. The van der Waals surface area contributed by atoms with E-state index in [9.17, 15) is 18.0 Å². The molecule has 0 amide bonds. The fourth-order valence-corrected chi connectivity index (χ4v) is 5.93. The van der Waals surface area contributed by atoms with Crippen molar-refractivity contribution in [2.45, 2.75) is 10.6 Å². The molecule has 0 unspecified atom stereocenters. The number of fused-ring (bicyclic) bond motifs is 1. The van der Waals surface area contributed by atoms with Crippen LogP contribution in [0.4, 0.5) is 0 Å². The molecule has 3 heterocycles. The molecular weight excluding hydrogens is 481 g/mol. The van der Waals surface area contributed by atoms with Crippen LogP contribution in [0.15, 0.2) is 64.0 Å². The van der Waals surface area contributed by atoms with Crippen molar-refractivity contribution in [3.8, 4) is 5.82 Å². The lowest BCUT2D eigenvalue weighted by Crippen LogP contribution is -2.20. The minimum atomic E-state index is -3.74. The maximum atomic E-state index is 12.7. The van der Waals surface area contributed by atoms with Gasteiger partial charge in [0, 0.05) is 17.6 Å². The Morgan fingerprint density at radius 1 is 1.06 bits per heavy atom. The lowest BCUT2D eigenvalue weighted by Gasteiger charge is -2.07. The summed E-state index contributed by atoms with van der Waals surface area (Å²) in [5.41, 5.74) is 0.712. The van der Waals surface area contributed by atoms with Crippen LogP contribution in [0.1, 0.15) is 5.56 Å². The fourth-order valence-electron chi connectivity index (χ4n) is 2.95. The first-order valence-electron chi connectivity index (χ1n) is 8.85. The van der Waals surface area contributed by atoms with E-state index < -0.39 is 21.4 Å². The molecule has 0 radical (unpaired) electrons. The van der Waals surface area contributed by atoms with Gasteiger partial charge in [-0.3, -0.25) is 14.2 Å². The predicted octanol–water partition coefficient (Wildman–Crippen LogP) is 3.73. The van der Waals surface area contributed by atoms with Crippen molar-refractivity contribution < 1.29 is 13.2 Å². The second-order valence-corrected chi connectivity index (χ2v) is 11.0. The lowest BCUT2D eigenvalue weighted by atomic mass is 10.1. The number of nitrogens with zero attached hydrogens (tertiary/aromatic N) is 3. The summed E-state index contributed by atoms with van der Waals surface area (Å²) in [5, 5.41) is 0.778. The number of aromatic nitrogens is 3. The van der Waals surface area contributed by atoms with E-state index in [4.69, 9.17) is 23.2 Å². The topological polar surface area (TPSA) is 99.0 Å². The summed E-state index contributed by atoms with van der Waals surface area (Å²) in [6.07, 6.45) is 2.69. The number of carbonyl (C=O) groups excluding carboxylic acids is 1. The van der Waals surface area contributed by atoms with Gasteiger partial charge in [-0.05, 0) is 42.0 Å². The maximum absolute atomic E-state index is 12.7. The molecule has 0 bridgehead atoms. The van der Waals surface area contributed by atoms with Gasteiger partial charge in [0.05, 0.1) is 15.2 Å². The monoisotopic (exact) mass is 493 g/mol. The molecule has 0 N–H and O–H groups in total. The molecule has 0 aliphatic carbocycles. The van der Waals surface area contributed by atoms with Gasteiger partial charge in [-0.15, -0.1) is 11.3 Å². The van der Waals surface area contributed by atoms with Crippen molar-refractivity contribution in [2.75, 3.05) is 5.75 Å². The zero-order chi connectivity index (χ0) is 22.2. The van der Waals surface area contributed by atoms with Crippen LogP contribution in [0.25, 0.3) is 16.7 Å². The Morgan fingerprint density at radius 3 is 2.55 bits per heavy atom. The summed E-state index contributed by atoms with van der Waals surface area (Å²) in [5.74, 6) is -0.782. The van der Waals surface area contributed by atoms with Crippen molar-refractivity contribution in [3.63, 3.8) is 0 Å². The minimum absolute atomic E-state index is 0.0580. The Morgan fingerprint density at radius 2 is 1.87 bits per heavy atom. The average Bonchev–Trinajstić information content (AvgIpc) is 3.16. The van der Waals surface area contributed by atoms with Gasteiger partial charge in [0.1, 0.15) is 22.1 Å². The highest BCUT2D eigenvalue weighted by Gasteiger charge is 2.21. The third-order valence-corrected chi connectivity index (χ3v) is 8.11. The Bertz CT molecular complexity index is 1460. The number of ketones is 1. The number of thiophene rings is 1. The molecule has 0 spiro atoms. The van der Waals surface area contributed by atoms with Gasteiger partial charge in [0.2, 0.25) is 0 Å². The molecule has 11 heteroatoms. The molecule has 0 fully saturated rings. The van der Waals surface area contributed by atoms with Crippen molar-refractivity contribution >= 4 is 61.1 Å². The number of rotatable bonds is 6. The van der Waals surface area contributed by atoms with Crippen LogP contribution in [0.2, 0.25) is 9.36 Å². The van der Waals surface area contributed by atoms with E-state index in [0.29, 0.717) is 31.6 Å². The molecule has 1 aromatic carbocycles. The van der Waals surface area contributed by atoms with Crippen molar-refractivity contribution in [1.82, 2.24) is 14.5 Å². The number of benzene rings is 1. The second kappa shape index (κ2) is 8.51. The van der Waals surface area contributed by atoms with Crippen LogP contribution in [0.5, 0.6) is 0 Å². The van der Waals surface area contributed by atoms with Gasteiger partial charge >= 0.3 is 0 Å². The molecule has 31 heavy (non-hydrogen) atoms. The van der Waals surface area contributed by atoms with Crippen molar-refractivity contribution in [3.05, 3.63) is 80.3 Å². The smallest absolute Gasteiger partial charge is 0.267 e. The summed E-state index contributed by atoms with van der Waals surface area (Å²) >= 11 is 12.7. The second-order valence-electron chi connectivity index (χ2n) is 6.64. The zero-order valence-corrected chi connectivity index (χ0v) is 18.8. The SMILES string of the molecule is O=C(Cc1ccc(-n2cnc3ccc(Cl)cc3c2=O)nc1)CS(=O)(=O)c1ccc(Cl)s1. The number of hydrogen-bond donors (Lipinski definition) is 0. The van der Waals surface area contributed by atoms with Crippen molar-refractivity contribution in [1.29, 1.82) is 0 Å². The zero-order valence-electron chi connectivity index (χ0n) is 15.7. The maximum Gasteiger partial charge on any atom is 0.267 e. The molecule has 3 aromatic heterocycles. The third kappa shape index (κ3) is 4.69. The van der Waals surface area contributed by atoms with E-state index in [-0.39, 0.29) is 16.2 Å². The summed E-state index contributed by atoms with van der Waals surface area (Å²) in [7, 11) is -3.74. The van der Waals surface area contributed by atoms with Crippen LogP contribution in [0.3, 0.4) is 0 Å². The summed E-state index contributed by atoms with van der Waals surface area (Å²) in [6, 6.07) is 10.9. The third-order valence-electron chi connectivity index (χ3n) is 4.38. The summed E-state index contributed by atoms with van der Waals surface area (Å²) < 4.78 is 26.3. The van der Waals surface area contributed by atoms with Gasteiger partial charge in [-0.1, -0.05) is 29.3 Å². The van der Waals surface area contributed by atoms with Gasteiger partial charge in [0.15, 0.2) is 15.6 Å². The lowest BCUT2D eigenvalue weighted by molar-refractivity contribution is -0.116. The number of hydrogen-bond acceptors (Lipinski definition) is 7. The van der Waals surface area contributed by atoms with Crippen LogP contribution in [-0.2, 0) is 21.1 Å².